The normalized spacial score (nSPS) is 15.9. The van der Waals surface area contributed by atoms with Crippen molar-refractivity contribution in [1.82, 2.24) is 9.29 Å². The van der Waals surface area contributed by atoms with E-state index in [1.807, 2.05) is 18.2 Å². The van der Waals surface area contributed by atoms with E-state index < -0.39 is 10.0 Å². The fourth-order valence-electron chi connectivity index (χ4n) is 3.46. The van der Waals surface area contributed by atoms with Crippen molar-refractivity contribution in [2.24, 2.45) is 5.92 Å². The number of nitrogens with one attached hydrogen (secondary N) is 1. The molecule has 3 aromatic rings. The fourth-order valence-corrected chi connectivity index (χ4v) is 5.81. The maximum atomic E-state index is 12.8. The zero-order valence-corrected chi connectivity index (χ0v) is 18.4. The predicted octanol–water partition coefficient (Wildman–Crippen LogP) is 3.98. The fraction of sp³-hybridized carbons (Fsp3) is 0.333. The summed E-state index contributed by atoms with van der Waals surface area (Å²) < 4.78 is 33.4. The van der Waals surface area contributed by atoms with Crippen molar-refractivity contribution < 1.29 is 17.9 Å². The number of nitrogens with zero attached hydrogens (tertiary/aromatic N) is 2. The Balaban J connectivity index is 1.49. The molecule has 7 nitrogen and oxygen atoms in total. The van der Waals surface area contributed by atoms with Crippen molar-refractivity contribution in [2.45, 2.75) is 24.7 Å². The van der Waals surface area contributed by atoms with Gasteiger partial charge in [0.1, 0.15) is 11.3 Å². The Morgan fingerprint density at radius 3 is 2.53 bits per heavy atom. The summed E-state index contributed by atoms with van der Waals surface area (Å²) in [5, 5.41) is 3.24. The molecule has 0 aliphatic carbocycles. The van der Waals surface area contributed by atoms with Gasteiger partial charge < -0.3 is 4.74 Å². The Labute approximate surface area is 179 Å². The van der Waals surface area contributed by atoms with E-state index in [0.717, 1.165) is 17.5 Å². The average molecular weight is 446 g/mol. The molecule has 0 radical (unpaired) electrons. The lowest BCUT2D eigenvalue weighted by molar-refractivity contribution is 0.102. The molecule has 0 unspecified atom stereocenters. The number of piperidine rings is 1. The number of carbonyl (C=O) groups excluding carboxylic acids is 1. The van der Waals surface area contributed by atoms with E-state index in [-0.39, 0.29) is 10.8 Å². The molecule has 1 aliphatic rings. The summed E-state index contributed by atoms with van der Waals surface area (Å²) in [6.07, 6.45) is 1.74. The van der Waals surface area contributed by atoms with Crippen molar-refractivity contribution in [2.75, 3.05) is 25.5 Å². The van der Waals surface area contributed by atoms with Gasteiger partial charge in [0.2, 0.25) is 10.0 Å². The van der Waals surface area contributed by atoms with Crippen molar-refractivity contribution in [3.05, 3.63) is 48.0 Å². The summed E-state index contributed by atoms with van der Waals surface area (Å²) in [5.41, 5.74) is 1.06. The molecule has 0 bridgehead atoms. The van der Waals surface area contributed by atoms with Crippen LogP contribution in [-0.4, -0.2) is 43.8 Å². The van der Waals surface area contributed by atoms with E-state index in [1.54, 1.807) is 7.11 Å². The van der Waals surface area contributed by atoms with E-state index >= 15 is 0 Å². The van der Waals surface area contributed by atoms with E-state index in [4.69, 9.17) is 4.74 Å². The average Bonchev–Trinajstić information content (AvgIpc) is 3.16. The third kappa shape index (κ3) is 4.05. The van der Waals surface area contributed by atoms with Crippen molar-refractivity contribution in [3.8, 4) is 5.75 Å². The van der Waals surface area contributed by atoms with Crippen LogP contribution in [-0.2, 0) is 10.0 Å². The predicted molar refractivity (Wildman–Crippen MR) is 118 cm³/mol. The van der Waals surface area contributed by atoms with Gasteiger partial charge in [0.25, 0.3) is 5.91 Å². The number of thiazole rings is 1. The van der Waals surface area contributed by atoms with Crippen LogP contribution in [0.3, 0.4) is 0 Å². The largest absolute Gasteiger partial charge is 0.494 e. The molecule has 158 valence electrons. The number of sulfonamides is 1. The Morgan fingerprint density at radius 1 is 1.17 bits per heavy atom. The van der Waals surface area contributed by atoms with Crippen LogP contribution in [0.1, 0.15) is 30.1 Å². The van der Waals surface area contributed by atoms with Crippen LogP contribution >= 0.6 is 11.3 Å². The number of anilines is 1. The molecule has 1 amide bonds. The Bertz CT molecular complexity index is 1160. The van der Waals surface area contributed by atoms with Gasteiger partial charge in [-0.15, -0.1) is 0 Å². The van der Waals surface area contributed by atoms with Crippen LogP contribution in [0, 0.1) is 5.92 Å². The lowest BCUT2D eigenvalue weighted by Gasteiger charge is -2.29. The first-order valence-electron chi connectivity index (χ1n) is 9.73. The molecule has 1 N–H and O–H groups in total. The van der Waals surface area contributed by atoms with Gasteiger partial charge in [-0.05, 0) is 55.2 Å². The van der Waals surface area contributed by atoms with Gasteiger partial charge in [0.15, 0.2) is 5.13 Å². The van der Waals surface area contributed by atoms with E-state index in [0.29, 0.717) is 41.0 Å². The van der Waals surface area contributed by atoms with Crippen LogP contribution in [0.2, 0.25) is 0 Å². The number of aromatic nitrogens is 1. The van der Waals surface area contributed by atoms with Crippen LogP contribution in [0.15, 0.2) is 47.4 Å². The minimum Gasteiger partial charge on any atom is -0.494 e. The molecule has 1 aliphatic heterocycles. The van der Waals surface area contributed by atoms with Crippen molar-refractivity contribution >= 4 is 42.6 Å². The number of ether oxygens (including phenoxy) is 1. The molecule has 0 spiro atoms. The third-order valence-corrected chi connectivity index (χ3v) is 8.17. The second-order valence-electron chi connectivity index (χ2n) is 7.39. The highest BCUT2D eigenvalue weighted by atomic mass is 32.2. The standard InChI is InChI=1S/C21H23N3O4S2/c1-14-10-12-24(13-11-14)30(26,27)16-8-6-15(7-9-16)20(25)23-21-22-19-17(28-2)4-3-5-18(19)29-21/h3-9,14H,10-13H2,1-2H3,(H,22,23,25). The number of hydrogen-bond acceptors (Lipinski definition) is 6. The van der Waals surface area contributed by atoms with Gasteiger partial charge in [-0.1, -0.05) is 24.3 Å². The monoisotopic (exact) mass is 445 g/mol. The number of benzene rings is 2. The first-order valence-corrected chi connectivity index (χ1v) is 12.0. The Morgan fingerprint density at radius 2 is 1.87 bits per heavy atom. The van der Waals surface area contributed by atoms with Gasteiger partial charge in [-0.25, -0.2) is 13.4 Å². The smallest absolute Gasteiger partial charge is 0.257 e. The molecule has 1 fully saturated rings. The molecule has 1 aromatic heterocycles. The quantitative estimate of drug-likeness (QED) is 0.642. The minimum atomic E-state index is -3.53. The molecular weight excluding hydrogens is 422 g/mol. The number of carbonyl (C=O) groups is 1. The first-order chi connectivity index (χ1) is 14.4. The number of hydrogen-bond donors (Lipinski definition) is 1. The third-order valence-electron chi connectivity index (χ3n) is 5.32. The topological polar surface area (TPSA) is 88.6 Å². The molecule has 30 heavy (non-hydrogen) atoms. The molecular formula is C21H23N3O4S2. The molecule has 9 heteroatoms. The van der Waals surface area contributed by atoms with Crippen LogP contribution in [0.5, 0.6) is 5.75 Å². The highest BCUT2D eigenvalue weighted by Crippen LogP contribution is 2.32. The summed E-state index contributed by atoms with van der Waals surface area (Å²) in [4.78, 5) is 17.2. The summed E-state index contributed by atoms with van der Waals surface area (Å²) in [5.74, 6) is 0.847. The maximum Gasteiger partial charge on any atom is 0.257 e. The molecule has 0 atom stereocenters. The SMILES string of the molecule is COc1cccc2sc(NC(=O)c3ccc(S(=O)(=O)N4CCC(C)CC4)cc3)nc12. The molecule has 4 rings (SSSR count). The lowest BCUT2D eigenvalue weighted by Crippen LogP contribution is -2.37. The highest BCUT2D eigenvalue weighted by molar-refractivity contribution is 7.89. The summed E-state index contributed by atoms with van der Waals surface area (Å²) in [6, 6.07) is 11.6. The minimum absolute atomic E-state index is 0.207. The Kier molecular flexibility index (Phi) is 5.77. The molecule has 1 saturated heterocycles. The first kappa shape index (κ1) is 20.8. The van der Waals surface area contributed by atoms with Gasteiger partial charge in [-0.3, -0.25) is 10.1 Å². The van der Waals surface area contributed by atoms with Gasteiger partial charge >= 0.3 is 0 Å². The zero-order chi connectivity index (χ0) is 21.3. The van der Waals surface area contributed by atoms with Crippen LogP contribution in [0.4, 0.5) is 5.13 Å². The summed E-state index contributed by atoms with van der Waals surface area (Å²) in [6.45, 7) is 3.21. The van der Waals surface area contributed by atoms with E-state index in [1.165, 1.54) is 39.9 Å². The van der Waals surface area contributed by atoms with Crippen molar-refractivity contribution in [3.63, 3.8) is 0 Å². The van der Waals surface area contributed by atoms with Gasteiger partial charge in [0.05, 0.1) is 16.7 Å². The Hall–Kier alpha value is -2.49. The molecule has 2 aromatic carbocycles. The lowest BCUT2D eigenvalue weighted by atomic mass is 10.0. The highest BCUT2D eigenvalue weighted by Gasteiger charge is 2.28. The summed E-state index contributed by atoms with van der Waals surface area (Å²) >= 11 is 1.35. The number of amides is 1. The number of fused-ring (bicyclic) bond motifs is 1. The summed E-state index contributed by atoms with van der Waals surface area (Å²) in [7, 11) is -1.96. The molecule has 2 heterocycles. The van der Waals surface area contributed by atoms with Crippen molar-refractivity contribution in [1.29, 1.82) is 0 Å². The number of para-hydroxylation sites is 1. The van der Waals surface area contributed by atoms with E-state index in [2.05, 4.69) is 17.2 Å². The van der Waals surface area contributed by atoms with Gasteiger partial charge in [0, 0.05) is 18.7 Å². The number of rotatable bonds is 5. The molecule has 0 saturated carbocycles. The number of methoxy groups -OCH3 is 1. The van der Waals surface area contributed by atoms with Crippen LogP contribution < -0.4 is 10.1 Å². The van der Waals surface area contributed by atoms with Gasteiger partial charge in [-0.2, -0.15) is 4.31 Å². The zero-order valence-electron chi connectivity index (χ0n) is 16.8. The van der Waals surface area contributed by atoms with Crippen LogP contribution in [0.25, 0.3) is 10.2 Å². The van der Waals surface area contributed by atoms with E-state index in [9.17, 15) is 13.2 Å². The second kappa shape index (κ2) is 8.33. The maximum absolute atomic E-state index is 12.8. The second-order valence-corrected chi connectivity index (χ2v) is 10.4.